The normalized spacial score (nSPS) is 20.1. The summed E-state index contributed by atoms with van der Waals surface area (Å²) in [5, 5.41) is 5.05. The summed E-state index contributed by atoms with van der Waals surface area (Å²) in [6.45, 7) is -0.151. The van der Waals surface area contributed by atoms with Crippen LogP contribution in [0, 0.1) is 0 Å². The highest BCUT2D eigenvalue weighted by Gasteiger charge is 2.60. The Labute approximate surface area is 184 Å². The SMILES string of the molecule is CN1C(=O)c2ccccc2N2C(=O)CCC12C(=O)OCCOc1ccc(S(N)(=O)=O)cc1. The number of benzene rings is 2. The molecule has 1 unspecified atom stereocenters. The number of hydrogen-bond acceptors (Lipinski definition) is 7. The van der Waals surface area contributed by atoms with Crippen molar-refractivity contribution in [2.24, 2.45) is 5.14 Å². The molecule has 2 aromatic rings. The van der Waals surface area contributed by atoms with Gasteiger partial charge in [-0.15, -0.1) is 0 Å². The Balaban J connectivity index is 1.46. The van der Waals surface area contributed by atoms with Gasteiger partial charge in [0.1, 0.15) is 19.0 Å². The standard InChI is InChI=1S/C21H21N3O7S/c1-23-19(26)16-4-2-3-5-17(16)24-18(25)10-11-21(23,24)20(27)31-13-12-30-14-6-8-15(9-7-14)32(22,28)29/h2-9H,10-13H2,1H3,(H2,22,28,29). The second-order valence-corrected chi connectivity index (χ2v) is 8.99. The van der Waals surface area contributed by atoms with Crippen molar-refractivity contribution in [3.05, 3.63) is 54.1 Å². The molecule has 10 nitrogen and oxygen atoms in total. The predicted molar refractivity (Wildman–Crippen MR) is 112 cm³/mol. The maximum atomic E-state index is 13.1. The van der Waals surface area contributed by atoms with Crippen LogP contribution >= 0.6 is 0 Å². The molecule has 0 radical (unpaired) electrons. The smallest absolute Gasteiger partial charge is 0.353 e. The lowest BCUT2D eigenvalue weighted by Crippen LogP contribution is -2.67. The van der Waals surface area contributed by atoms with Crippen molar-refractivity contribution in [2.45, 2.75) is 23.4 Å². The number of nitrogens with two attached hydrogens (primary N) is 1. The molecule has 0 saturated carbocycles. The molecule has 2 amide bonds. The van der Waals surface area contributed by atoms with Gasteiger partial charge >= 0.3 is 5.97 Å². The molecule has 0 bridgehead atoms. The monoisotopic (exact) mass is 459 g/mol. The van der Waals surface area contributed by atoms with Crippen molar-refractivity contribution in [2.75, 3.05) is 25.2 Å². The predicted octanol–water partition coefficient (Wildman–Crippen LogP) is 0.865. The van der Waals surface area contributed by atoms with Crippen LogP contribution in [0.2, 0.25) is 0 Å². The Morgan fingerprint density at radius 2 is 1.78 bits per heavy atom. The lowest BCUT2D eigenvalue weighted by Gasteiger charge is -2.46. The lowest BCUT2D eigenvalue weighted by molar-refractivity contribution is -0.157. The van der Waals surface area contributed by atoms with Gasteiger partial charge in [-0.05, 0) is 36.4 Å². The van der Waals surface area contributed by atoms with Gasteiger partial charge in [0.25, 0.3) is 5.91 Å². The Morgan fingerprint density at radius 1 is 1.09 bits per heavy atom. The molecule has 2 N–H and O–H groups in total. The molecule has 4 rings (SSSR count). The van der Waals surface area contributed by atoms with E-state index in [1.165, 1.54) is 41.1 Å². The molecule has 32 heavy (non-hydrogen) atoms. The number of primary sulfonamides is 1. The minimum atomic E-state index is -3.80. The van der Waals surface area contributed by atoms with Crippen molar-refractivity contribution >= 4 is 33.5 Å². The van der Waals surface area contributed by atoms with E-state index >= 15 is 0 Å². The molecular weight excluding hydrogens is 438 g/mol. The molecule has 0 spiro atoms. The van der Waals surface area contributed by atoms with Gasteiger partial charge in [-0.1, -0.05) is 12.1 Å². The number of carbonyl (C=O) groups is 3. The number of nitrogens with zero attached hydrogens (tertiary/aromatic N) is 2. The fourth-order valence-electron chi connectivity index (χ4n) is 4.03. The highest BCUT2D eigenvalue weighted by Crippen LogP contribution is 2.44. The number of para-hydroxylation sites is 1. The van der Waals surface area contributed by atoms with Crippen molar-refractivity contribution < 1.29 is 32.3 Å². The largest absolute Gasteiger partial charge is 0.490 e. The molecule has 11 heteroatoms. The summed E-state index contributed by atoms with van der Waals surface area (Å²) in [6, 6.07) is 12.1. The van der Waals surface area contributed by atoms with Crippen molar-refractivity contribution in [1.82, 2.24) is 4.90 Å². The fourth-order valence-corrected chi connectivity index (χ4v) is 4.54. The number of ether oxygens (including phenoxy) is 2. The quantitative estimate of drug-likeness (QED) is 0.500. The number of fused-ring (bicyclic) bond motifs is 3. The van der Waals surface area contributed by atoms with Gasteiger partial charge in [0, 0.05) is 19.9 Å². The minimum Gasteiger partial charge on any atom is -0.490 e. The molecular formula is C21H21N3O7S. The molecule has 0 aromatic heterocycles. The van der Waals surface area contributed by atoms with Crippen LogP contribution in [-0.4, -0.2) is 57.0 Å². The van der Waals surface area contributed by atoms with Crippen LogP contribution in [0.4, 0.5) is 5.69 Å². The first-order chi connectivity index (χ1) is 15.2. The van der Waals surface area contributed by atoms with Crippen LogP contribution in [0.5, 0.6) is 5.75 Å². The molecule has 0 aliphatic carbocycles. The van der Waals surface area contributed by atoms with Crippen LogP contribution in [0.1, 0.15) is 23.2 Å². The zero-order valence-electron chi connectivity index (χ0n) is 17.2. The van der Waals surface area contributed by atoms with Crippen LogP contribution < -0.4 is 14.8 Å². The number of esters is 1. The van der Waals surface area contributed by atoms with Gasteiger partial charge < -0.3 is 14.4 Å². The summed E-state index contributed by atoms with van der Waals surface area (Å²) < 4.78 is 33.5. The van der Waals surface area contributed by atoms with Gasteiger partial charge in [0.15, 0.2) is 0 Å². The van der Waals surface area contributed by atoms with E-state index in [9.17, 15) is 22.8 Å². The highest BCUT2D eigenvalue weighted by molar-refractivity contribution is 7.89. The molecule has 2 aromatic carbocycles. The Bertz CT molecular complexity index is 1200. The molecule has 2 aliphatic rings. The maximum absolute atomic E-state index is 13.1. The summed E-state index contributed by atoms with van der Waals surface area (Å²) in [5.41, 5.74) is -0.805. The number of rotatable bonds is 6. The Hall–Kier alpha value is -3.44. The number of hydrogen-bond donors (Lipinski definition) is 1. The number of likely N-dealkylation sites (N-methyl/N-ethyl adjacent to an activating group) is 1. The van der Waals surface area contributed by atoms with E-state index in [1.807, 2.05) is 0 Å². The van der Waals surface area contributed by atoms with Gasteiger partial charge in [-0.3, -0.25) is 14.5 Å². The van der Waals surface area contributed by atoms with E-state index < -0.39 is 21.7 Å². The van der Waals surface area contributed by atoms with E-state index in [1.54, 1.807) is 24.3 Å². The second kappa shape index (κ2) is 7.92. The summed E-state index contributed by atoms with van der Waals surface area (Å²) in [5.74, 6) is -0.986. The first kappa shape index (κ1) is 21.8. The minimum absolute atomic E-state index is 0.0151. The molecule has 1 fully saturated rings. The fraction of sp³-hybridized carbons (Fsp3) is 0.286. The van der Waals surface area contributed by atoms with Crippen LogP contribution in [-0.2, 0) is 24.3 Å². The topological polar surface area (TPSA) is 136 Å². The third-order valence-electron chi connectivity index (χ3n) is 5.61. The number of amides is 2. The van der Waals surface area contributed by atoms with E-state index in [0.717, 1.165) is 0 Å². The van der Waals surface area contributed by atoms with Crippen LogP contribution in [0.15, 0.2) is 53.4 Å². The number of sulfonamides is 1. The summed E-state index contributed by atoms with van der Waals surface area (Å²) >= 11 is 0. The molecule has 2 heterocycles. The molecule has 168 valence electrons. The van der Waals surface area contributed by atoms with Gasteiger partial charge in [0.2, 0.25) is 21.6 Å². The van der Waals surface area contributed by atoms with E-state index in [-0.39, 0.29) is 42.8 Å². The first-order valence-corrected chi connectivity index (χ1v) is 11.3. The second-order valence-electron chi connectivity index (χ2n) is 7.43. The van der Waals surface area contributed by atoms with E-state index in [4.69, 9.17) is 14.6 Å². The number of carbonyl (C=O) groups excluding carboxylic acids is 3. The lowest BCUT2D eigenvalue weighted by atomic mass is 9.97. The first-order valence-electron chi connectivity index (χ1n) is 9.79. The summed E-state index contributed by atoms with van der Waals surface area (Å²) in [6.07, 6.45) is 0.227. The zero-order valence-corrected chi connectivity index (χ0v) is 18.0. The molecule has 1 saturated heterocycles. The Kier molecular flexibility index (Phi) is 5.39. The van der Waals surface area contributed by atoms with Gasteiger partial charge in [-0.2, -0.15) is 0 Å². The third kappa shape index (κ3) is 3.49. The van der Waals surface area contributed by atoms with E-state index in [0.29, 0.717) is 17.0 Å². The maximum Gasteiger partial charge on any atom is 0.353 e. The van der Waals surface area contributed by atoms with Gasteiger partial charge in [0.05, 0.1) is 16.1 Å². The van der Waals surface area contributed by atoms with Crippen molar-refractivity contribution in [1.29, 1.82) is 0 Å². The average Bonchev–Trinajstić information content (AvgIpc) is 3.13. The van der Waals surface area contributed by atoms with Crippen LogP contribution in [0.3, 0.4) is 0 Å². The summed E-state index contributed by atoms with van der Waals surface area (Å²) in [4.78, 5) is 41.2. The van der Waals surface area contributed by atoms with Gasteiger partial charge in [-0.25, -0.2) is 18.4 Å². The zero-order chi connectivity index (χ0) is 23.1. The highest BCUT2D eigenvalue weighted by atomic mass is 32.2. The van der Waals surface area contributed by atoms with Crippen molar-refractivity contribution in [3.8, 4) is 5.75 Å². The Morgan fingerprint density at radius 3 is 2.47 bits per heavy atom. The average molecular weight is 459 g/mol. The number of anilines is 1. The molecule has 2 aliphatic heterocycles. The molecule has 1 atom stereocenters. The van der Waals surface area contributed by atoms with Crippen molar-refractivity contribution in [3.63, 3.8) is 0 Å². The third-order valence-corrected chi connectivity index (χ3v) is 6.54. The van der Waals surface area contributed by atoms with E-state index in [2.05, 4.69) is 0 Å². The summed E-state index contributed by atoms with van der Waals surface area (Å²) in [7, 11) is -2.32. The van der Waals surface area contributed by atoms with Crippen LogP contribution in [0.25, 0.3) is 0 Å².